The van der Waals surface area contributed by atoms with E-state index in [-0.39, 0.29) is 17.5 Å². The molecule has 1 aliphatic heterocycles. The molecule has 2 atom stereocenters. The third kappa shape index (κ3) is 6.46. The summed E-state index contributed by atoms with van der Waals surface area (Å²) in [7, 11) is 0. The molecule has 0 bridgehead atoms. The zero-order valence-electron chi connectivity index (χ0n) is 23.8. The molecule has 2 aromatic rings. The van der Waals surface area contributed by atoms with Gasteiger partial charge in [-0.05, 0) is 65.4 Å². The maximum absolute atomic E-state index is 13.7. The Bertz CT molecular complexity index is 1190. The number of carbonyl (C=O) groups excluding carboxylic acids is 2. The Labute approximate surface area is 228 Å². The first-order chi connectivity index (χ1) is 17.5. The number of nitrogens with zero attached hydrogens (tertiary/aromatic N) is 1. The van der Waals surface area contributed by atoms with Crippen molar-refractivity contribution in [3.63, 3.8) is 0 Å². The van der Waals surface area contributed by atoms with Crippen LogP contribution in [0.15, 0.2) is 4.52 Å². The molecule has 0 spiro atoms. The molecule has 9 nitrogen and oxygen atoms in total. The van der Waals surface area contributed by atoms with Crippen molar-refractivity contribution in [1.29, 1.82) is 0 Å². The van der Waals surface area contributed by atoms with Gasteiger partial charge in [-0.25, -0.2) is 4.79 Å². The van der Waals surface area contributed by atoms with E-state index in [1.807, 2.05) is 13.8 Å². The predicted octanol–water partition coefficient (Wildman–Crippen LogP) is 6.25. The van der Waals surface area contributed by atoms with E-state index in [0.717, 1.165) is 10.4 Å². The van der Waals surface area contributed by atoms with E-state index in [1.54, 1.807) is 48.5 Å². The van der Waals surface area contributed by atoms with Gasteiger partial charge in [0.15, 0.2) is 11.5 Å². The van der Waals surface area contributed by atoms with Gasteiger partial charge >= 0.3 is 12.1 Å². The molecule has 3 rings (SSSR count). The molecule has 0 aromatic carbocycles. The summed E-state index contributed by atoms with van der Waals surface area (Å²) in [5.41, 5.74) is 1.07. The number of carbonyl (C=O) groups is 3. The van der Waals surface area contributed by atoms with E-state index in [9.17, 15) is 19.5 Å². The first kappa shape index (κ1) is 29.8. The second-order valence-electron chi connectivity index (χ2n) is 12.1. The number of aromatic nitrogens is 1. The van der Waals surface area contributed by atoms with E-state index in [2.05, 4.69) is 10.5 Å². The van der Waals surface area contributed by atoms with Crippen LogP contribution >= 0.6 is 11.3 Å². The Hall–Kier alpha value is -2.72. The topological polar surface area (TPSA) is 128 Å². The number of aliphatic carboxylic acids is 1. The highest BCUT2D eigenvalue weighted by Gasteiger charge is 2.44. The Balaban J connectivity index is 2.21. The molecular formula is C28H40N2O7S. The minimum Gasteiger partial charge on any atom is -0.481 e. The van der Waals surface area contributed by atoms with Crippen LogP contribution in [0.25, 0.3) is 11.1 Å². The summed E-state index contributed by atoms with van der Waals surface area (Å²) < 4.78 is 16.7. The van der Waals surface area contributed by atoms with Gasteiger partial charge in [-0.15, -0.1) is 11.3 Å². The Morgan fingerprint density at radius 1 is 1.05 bits per heavy atom. The monoisotopic (exact) mass is 548 g/mol. The molecule has 1 fully saturated rings. The number of rotatable bonds is 7. The standard InChI is InChI=1S/C28H40N2O7S/c1-14-16(3)38-24(22(31)17-10-12-35-13-11-17)18(14)19-15(2)30-37-23(19)21(20(25(32)33)27(4,5)6)29-26(34)36-28(7,8)9/h17,20-21H,10-13H2,1-9H3,(H,29,34)(H,32,33)/t20?,21-/m0/s1. The van der Waals surface area contributed by atoms with Crippen LogP contribution in [0.3, 0.4) is 0 Å². The van der Waals surface area contributed by atoms with Crippen LogP contribution in [0.5, 0.6) is 0 Å². The van der Waals surface area contributed by atoms with Gasteiger partial charge in [-0.1, -0.05) is 25.9 Å². The highest BCUT2D eigenvalue weighted by molar-refractivity contribution is 7.14. The Morgan fingerprint density at radius 2 is 1.66 bits per heavy atom. The van der Waals surface area contributed by atoms with E-state index in [0.29, 0.717) is 47.8 Å². The maximum Gasteiger partial charge on any atom is 0.408 e. The SMILES string of the molecule is Cc1noc([C@@H](NC(=O)OC(C)(C)C)C(C(=O)O)C(C)(C)C)c1-c1c(C(=O)C2CCOCC2)sc(C)c1C. The summed E-state index contributed by atoms with van der Waals surface area (Å²) >= 11 is 1.42. The third-order valence-electron chi connectivity index (χ3n) is 6.83. The van der Waals surface area contributed by atoms with Gasteiger partial charge in [0.05, 0.1) is 22.1 Å². The Kier molecular flexibility index (Phi) is 8.77. The molecule has 10 heteroatoms. The molecule has 2 N–H and O–H groups in total. The average molecular weight is 549 g/mol. The highest BCUT2D eigenvalue weighted by atomic mass is 32.1. The lowest BCUT2D eigenvalue weighted by atomic mass is 9.74. The lowest BCUT2D eigenvalue weighted by Gasteiger charge is -2.34. The summed E-state index contributed by atoms with van der Waals surface area (Å²) in [6.07, 6.45) is 0.532. The molecule has 0 radical (unpaired) electrons. The van der Waals surface area contributed by atoms with E-state index < -0.39 is 35.0 Å². The molecule has 0 saturated carbocycles. The second kappa shape index (κ2) is 11.2. The minimum absolute atomic E-state index is 0.0401. The van der Waals surface area contributed by atoms with Crippen molar-refractivity contribution in [3.05, 3.63) is 26.8 Å². The van der Waals surface area contributed by atoms with Crippen LogP contribution < -0.4 is 5.32 Å². The fourth-order valence-electron chi connectivity index (χ4n) is 4.90. The fraction of sp³-hybridized carbons (Fsp3) is 0.643. The quantitative estimate of drug-likeness (QED) is 0.389. The fourth-order valence-corrected chi connectivity index (χ4v) is 6.08. The summed E-state index contributed by atoms with van der Waals surface area (Å²) in [4.78, 5) is 40.9. The largest absolute Gasteiger partial charge is 0.481 e. The molecule has 210 valence electrons. The zero-order valence-corrected chi connectivity index (χ0v) is 24.6. The number of ketones is 1. The molecule has 38 heavy (non-hydrogen) atoms. The van der Waals surface area contributed by atoms with Gasteiger partial charge in [0.25, 0.3) is 0 Å². The van der Waals surface area contributed by atoms with Crippen LogP contribution in [0, 0.1) is 38.0 Å². The smallest absolute Gasteiger partial charge is 0.408 e. The molecule has 1 amide bonds. The number of carboxylic acids is 1. The number of carboxylic acid groups (broad SMARTS) is 1. The van der Waals surface area contributed by atoms with Crippen LogP contribution in [0.1, 0.15) is 92.0 Å². The summed E-state index contributed by atoms with van der Waals surface area (Å²) in [6.45, 7) is 17.3. The average Bonchev–Trinajstić information content (AvgIpc) is 3.29. The van der Waals surface area contributed by atoms with Crippen molar-refractivity contribution in [3.8, 4) is 11.1 Å². The van der Waals surface area contributed by atoms with E-state index in [1.165, 1.54) is 11.3 Å². The molecule has 3 heterocycles. The molecule has 1 saturated heterocycles. The number of thiophene rings is 1. The van der Waals surface area contributed by atoms with Crippen molar-refractivity contribution in [2.24, 2.45) is 17.3 Å². The number of alkyl carbamates (subject to hydrolysis) is 1. The van der Waals surface area contributed by atoms with Crippen molar-refractivity contribution >= 4 is 29.2 Å². The highest BCUT2D eigenvalue weighted by Crippen LogP contribution is 2.46. The van der Waals surface area contributed by atoms with Crippen LogP contribution in [-0.2, 0) is 14.3 Å². The number of ether oxygens (including phenoxy) is 2. The van der Waals surface area contributed by atoms with Gasteiger partial charge in [0, 0.05) is 29.6 Å². The van der Waals surface area contributed by atoms with Crippen molar-refractivity contribution < 1.29 is 33.5 Å². The number of hydrogen-bond acceptors (Lipinski definition) is 8. The van der Waals surface area contributed by atoms with E-state index >= 15 is 0 Å². The number of nitrogens with one attached hydrogen (secondary N) is 1. The molecule has 1 aliphatic rings. The lowest BCUT2D eigenvalue weighted by Crippen LogP contribution is -2.44. The van der Waals surface area contributed by atoms with Crippen molar-refractivity contribution in [2.45, 2.75) is 86.8 Å². The first-order valence-electron chi connectivity index (χ1n) is 12.9. The van der Waals surface area contributed by atoms with Gasteiger partial charge in [0.1, 0.15) is 11.6 Å². The summed E-state index contributed by atoms with van der Waals surface area (Å²) in [6, 6.07) is -1.11. The molecular weight excluding hydrogens is 508 g/mol. The molecule has 1 unspecified atom stereocenters. The number of Topliss-reactive ketones (excluding diaryl/α,β-unsaturated/α-hetero) is 1. The van der Waals surface area contributed by atoms with Gasteiger partial charge < -0.3 is 24.4 Å². The minimum atomic E-state index is -1.11. The predicted molar refractivity (Wildman–Crippen MR) is 145 cm³/mol. The van der Waals surface area contributed by atoms with E-state index in [4.69, 9.17) is 14.0 Å². The number of hydrogen-bond donors (Lipinski definition) is 2. The maximum atomic E-state index is 13.7. The van der Waals surface area contributed by atoms with Gasteiger partial charge in [-0.3, -0.25) is 9.59 Å². The summed E-state index contributed by atoms with van der Waals surface area (Å²) in [5, 5.41) is 17.3. The molecule has 2 aromatic heterocycles. The Morgan fingerprint density at radius 3 is 2.18 bits per heavy atom. The van der Waals surface area contributed by atoms with Gasteiger partial charge in [-0.2, -0.15) is 0 Å². The number of aryl methyl sites for hydroxylation is 2. The normalized spacial score (nSPS) is 16.7. The van der Waals surface area contributed by atoms with Crippen LogP contribution in [0.2, 0.25) is 0 Å². The number of amides is 1. The van der Waals surface area contributed by atoms with Crippen LogP contribution in [-0.4, -0.2) is 46.9 Å². The molecule has 0 aliphatic carbocycles. The van der Waals surface area contributed by atoms with Crippen molar-refractivity contribution in [1.82, 2.24) is 10.5 Å². The lowest BCUT2D eigenvalue weighted by molar-refractivity contribution is -0.147. The summed E-state index contributed by atoms with van der Waals surface area (Å²) in [5.74, 6) is -2.11. The van der Waals surface area contributed by atoms with Crippen molar-refractivity contribution in [2.75, 3.05) is 13.2 Å². The third-order valence-corrected chi connectivity index (χ3v) is 8.05. The van der Waals surface area contributed by atoms with Crippen LogP contribution in [0.4, 0.5) is 4.79 Å². The first-order valence-corrected chi connectivity index (χ1v) is 13.7. The van der Waals surface area contributed by atoms with Gasteiger partial charge in [0.2, 0.25) is 0 Å². The second-order valence-corrected chi connectivity index (χ2v) is 13.3. The zero-order chi connectivity index (χ0) is 28.6.